The Bertz CT molecular complexity index is 680. The molecule has 146 valence electrons. The van der Waals surface area contributed by atoms with E-state index in [4.69, 9.17) is 13.9 Å². The van der Waals surface area contributed by atoms with Crippen LogP contribution < -0.4 is 5.32 Å². The van der Waals surface area contributed by atoms with Crippen LogP contribution in [0.4, 0.5) is 10.5 Å². The summed E-state index contributed by atoms with van der Waals surface area (Å²) in [7, 11) is 1.75. The van der Waals surface area contributed by atoms with Gasteiger partial charge in [0.05, 0.1) is 12.8 Å². The Hall–Kier alpha value is -2.38. The van der Waals surface area contributed by atoms with Crippen molar-refractivity contribution in [1.82, 2.24) is 9.88 Å². The van der Waals surface area contributed by atoms with Gasteiger partial charge in [-0.05, 0) is 56.0 Å². The number of benzene rings is 1. The van der Waals surface area contributed by atoms with Gasteiger partial charge in [0, 0.05) is 19.3 Å². The van der Waals surface area contributed by atoms with E-state index in [1.807, 2.05) is 12.1 Å². The molecule has 1 N–H and O–H groups in total. The third-order valence-electron chi connectivity index (χ3n) is 4.87. The minimum Gasteiger partial charge on any atom is -0.445 e. The first kappa shape index (κ1) is 19.4. The standard InChI is InChI=1S/C20H27N3O4/c1-25-11-10-23-8-6-17(7-9-23)12-16-2-4-18(5-3-16)22-20(24)26-14-19-13-21-15-27-19/h2-5,13,15,17H,6-12,14H2,1H3,(H,22,24). The fourth-order valence-electron chi connectivity index (χ4n) is 3.30. The largest absolute Gasteiger partial charge is 0.445 e. The van der Waals surface area contributed by atoms with Crippen molar-refractivity contribution in [2.45, 2.75) is 25.9 Å². The van der Waals surface area contributed by atoms with Crippen molar-refractivity contribution in [2.24, 2.45) is 5.92 Å². The number of likely N-dealkylation sites (tertiary alicyclic amines) is 1. The highest BCUT2D eigenvalue weighted by Gasteiger charge is 2.19. The molecule has 27 heavy (non-hydrogen) atoms. The molecule has 1 fully saturated rings. The van der Waals surface area contributed by atoms with Crippen LogP contribution in [-0.4, -0.2) is 49.3 Å². The average molecular weight is 373 g/mol. The van der Waals surface area contributed by atoms with Gasteiger partial charge in [-0.2, -0.15) is 0 Å². The van der Waals surface area contributed by atoms with Crippen LogP contribution in [-0.2, 0) is 22.5 Å². The van der Waals surface area contributed by atoms with E-state index < -0.39 is 6.09 Å². The number of nitrogens with one attached hydrogen (secondary N) is 1. The van der Waals surface area contributed by atoms with Crippen molar-refractivity contribution in [3.8, 4) is 0 Å². The minimum absolute atomic E-state index is 0.0625. The molecule has 0 atom stereocenters. The molecule has 0 radical (unpaired) electrons. The van der Waals surface area contributed by atoms with Crippen LogP contribution in [0.1, 0.15) is 24.2 Å². The van der Waals surface area contributed by atoms with E-state index in [0.717, 1.165) is 44.3 Å². The maximum Gasteiger partial charge on any atom is 0.412 e. The number of ether oxygens (including phenoxy) is 2. The Balaban J connectivity index is 1.39. The van der Waals surface area contributed by atoms with Crippen molar-refractivity contribution in [1.29, 1.82) is 0 Å². The smallest absolute Gasteiger partial charge is 0.412 e. The monoisotopic (exact) mass is 373 g/mol. The fraction of sp³-hybridized carbons (Fsp3) is 0.500. The number of methoxy groups -OCH3 is 1. The Kier molecular flexibility index (Phi) is 7.24. The lowest BCUT2D eigenvalue weighted by atomic mass is 9.90. The van der Waals surface area contributed by atoms with Gasteiger partial charge in [-0.1, -0.05) is 12.1 Å². The molecule has 1 aromatic carbocycles. The quantitative estimate of drug-likeness (QED) is 0.765. The maximum atomic E-state index is 11.8. The summed E-state index contributed by atoms with van der Waals surface area (Å²) in [6.07, 6.45) is 5.83. The highest BCUT2D eigenvalue weighted by molar-refractivity contribution is 5.84. The van der Waals surface area contributed by atoms with E-state index in [2.05, 4.69) is 27.3 Å². The number of carbonyl (C=O) groups is 1. The molecule has 2 aromatic rings. The third kappa shape index (κ3) is 6.37. The van der Waals surface area contributed by atoms with E-state index in [1.54, 1.807) is 7.11 Å². The molecular weight excluding hydrogens is 346 g/mol. The van der Waals surface area contributed by atoms with Crippen LogP contribution in [0.2, 0.25) is 0 Å². The number of carbonyl (C=O) groups excluding carboxylic acids is 1. The number of amides is 1. The molecule has 0 aliphatic carbocycles. The molecule has 0 saturated carbocycles. The molecule has 0 spiro atoms. The van der Waals surface area contributed by atoms with Gasteiger partial charge >= 0.3 is 6.09 Å². The number of aromatic nitrogens is 1. The molecule has 1 saturated heterocycles. The number of oxazole rings is 1. The molecule has 0 unspecified atom stereocenters. The second-order valence-corrected chi connectivity index (χ2v) is 6.85. The van der Waals surface area contributed by atoms with Crippen LogP contribution in [0.5, 0.6) is 0 Å². The average Bonchev–Trinajstić information content (AvgIpc) is 3.21. The van der Waals surface area contributed by atoms with Gasteiger partial charge in [0.1, 0.15) is 0 Å². The minimum atomic E-state index is -0.511. The number of hydrogen-bond acceptors (Lipinski definition) is 6. The SMILES string of the molecule is COCCN1CCC(Cc2ccc(NC(=O)OCc3cnco3)cc2)CC1. The van der Waals surface area contributed by atoms with Crippen molar-refractivity contribution in [3.05, 3.63) is 48.2 Å². The highest BCUT2D eigenvalue weighted by atomic mass is 16.6. The Morgan fingerprint density at radius 1 is 1.30 bits per heavy atom. The zero-order chi connectivity index (χ0) is 18.9. The lowest BCUT2D eigenvalue weighted by Gasteiger charge is -2.31. The lowest BCUT2D eigenvalue weighted by Crippen LogP contribution is -2.36. The normalized spacial score (nSPS) is 15.6. The van der Waals surface area contributed by atoms with Crippen LogP contribution >= 0.6 is 0 Å². The first-order valence-electron chi connectivity index (χ1n) is 9.34. The van der Waals surface area contributed by atoms with Gasteiger partial charge in [-0.25, -0.2) is 9.78 Å². The van der Waals surface area contributed by atoms with Crippen molar-refractivity contribution >= 4 is 11.8 Å². The number of anilines is 1. The number of rotatable bonds is 8. The van der Waals surface area contributed by atoms with E-state index in [-0.39, 0.29) is 6.61 Å². The van der Waals surface area contributed by atoms with Gasteiger partial charge in [0.25, 0.3) is 0 Å². The summed E-state index contributed by atoms with van der Waals surface area (Å²) in [4.78, 5) is 18.0. The summed E-state index contributed by atoms with van der Waals surface area (Å²) in [5.74, 6) is 1.23. The van der Waals surface area contributed by atoms with Crippen LogP contribution in [0, 0.1) is 5.92 Å². The Labute approximate surface area is 159 Å². The summed E-state index contributed by atoms with van der Waals surface area (Å²) in [5, 5.41) is 2.72. The topological polar surface area (TPSA) is 76.8 Å². The lowest BCUT2D eigenvalue weighted by molar-refractivity contribution is 0.120. The van der Waals surface area contributed by atoms with E-state index in [1.165, 1.54) is 31.0 Å². The molecule has 1 aliphatic rings. The van der Waals surface area contributed by atoms with E-state index in [9.17, 15) is 4.79 Å². The van der Waals surface area contributed by atoms with Gasteiger partial charge in [0.15, 0.2) is 18.8 Å². The molecular formula is C20H27N3O4. The van der Waals surface area contributed by atoms with Gasteiger partial charge in [-0.15, -0.1) is 0 Å². The fourth-order valence-corrected chi connectivity index (χ4v) is 3.30. The number of piperidine rings is 1. The highest BCUT2D eigenvalue weighted by Crippen LogP contribution is 2.22. The van der Waals surface area contributed by atoms with Gasteiger partial charge in [0.2, 0.25) is 0 Å². The first-order valence-corrected chi connectivity index (χ1v) is 9.34. The zero-order valence-electron chi connectivity index (χ0n) is 15.7. The summed E-state index contributed by atoms with van der Waals surface area (Å²) in [5.41, 5.74) is 2.02. The molecule has 0 bridgehead atoms. The number of nitrogens with zero attached hydrogens (tertiary/aromatic N) is 2. The maximum absolute atomic E-state index is 11.8. The predicted molar refractivity (Wildman–Crippen MR) is 101 cm³/mol. The van der Waals surface area contributed by atoms with Crippen LogP contribution in [0.3, 0.4) is 0 Å². The van der Waals surface area contributed by atoms with Crippen LogP contribution in [0.25, 0.3) is 0 Å². The van der Waals surface area contributed by atoms with Crippen molar-refractivity contribution in [2.75, 3.05) is 38.7 Å². The zero-order valence-corrected chi connectivity index (χ0v) is 15.7. The molecule has 3 rings (SSSR count). The summed E-state index contributed by atoms with van der Waals surface area (Å²) >= 11 is 0. The van der Waals surface area contributed by atoms with Crippen molar-refractivity contribution in [3.63, 3.8) is 0 Å². The second-order valence-electron chi connectivity index (χ2n) is 6.85. The molecule has 1 amide bonds. The van der Waals surface area contributed by atoms with E-state index >= 15 is 0 Å². The molecule has 7 nitrogen and oxygen atoms in total. The Morgan fingerprint density at radius 3 is 2.74 bits per heavy atom. The number of hydrogen-bond donors (Lipinski definition) is 1. The Morgan fingerprint density at radius 2 is 2.07 bits per heavy atom. The van der Waals surface area contributed by atoms with Crippen molar-refractivity contribution < 1.29 is 18.7 Å². The summed E-state index contributed by atoms with van der Waals surface area (Å²) in [6, 6.07) is 7.98. The molecule has 1 aromatic heterocycles. The summed E-state index contributed by atoms with van der Waals surface area (Å²) < 4.78 is 15.3. The van der Waals surface area contributed by atoms with Crippen LogP contribution in [0.15, 0.2) is 41.3 Å². The first-order chi connectivity index (χ1) is 13.2. The van der Waals surface area contributed by atoms with Gasteiger partial charge in [-0.3, -0.25) is 5.32 Å². The van der Waals surface area contributed by atoms with E-state index in [0.29, 0.717) is 5.76 Å². The van der Waals surface area contributed by atoms with Gasteiger partial charge < -0.3 is 18.8 Å². The molecule has 1 aliphatic heterocycles. The second kappa shape index (κ2) is 10.1. The molecule has 2 heterocycles. The third-order valence-corrected chi connectivity index (χ3v) is 4.87. The summed E-state index contributed by atoms with van der Waals surface area (Å²) in [6.45, 7) is 4.18. The molecule has 7 heteroatoms. The predicted octanol–water partition coefficient (Wildman–Crippen LogP) is 3.32.